The molecule has 0 saturated carbocycles. The van der Waals surface area contributed by atoms with Gasteiger partial charge in [-0.3, -0.25) is 0 Å². The van der Waals surface area contributed by atoms with Crippen molar-refractivity contribution in [2.24, 2.45) is 5.73 Å². The maximum atomic E-state index is 9.18. The maximum Gasteiger partial charge on any atom is 0.107 e. The normalized spacial score (nSPS) is 41.7. The highest BCUT2D eigenvalue weighted by atomic mass is 16.5. The fourth-order valence-corrected chi connectivity index (χ4v) is 1.06. The maximum absolute atomic E-state index is 9.18. The average Bonchev–Trinajstić information content (AvgIpc) is 1.95. The van der Waals surface area contributed by atoms with Gasteiger partial charge in [0.05, 0.1) is 12.2 Å². The zero-order valence-corrected chi connectivity index (χ0v) is 5.73. The van der Waals surface area contributed by atoms with Crippen LogP contribution in [0.2, 0.25) is 0 Å². The number of nitrogens with two attached hydrogens (primary N) is 1. The predicted octanol–water partition coefficient (Wildman–Crippen LogP) is -1.54. The van der Waals surface area contributed by atoms with Crippen LogP contribution < -0.4 is 5.73 Å². The summed E-state index contributed by atoms with van der Waals surface area (Å²) in [5.74, 6) is 0. The Bertz CT molecular complexity index is 109. The molecule has 4 nitrogen and oxygen atoms in total. The molecule has 0 radical (unpaired) electrons. The van der Waals surface area contributed by atoms with E-state index in [0.29, 0.717) is 13.0 Å². The third-order valence-electron chi connectivity index (χ3n) is 1.75. The Morgan fingerprint density at radius 3 is 2.70 bits per heavy atom. The first-order chi connectivity index (χ1) is 4.75. The summed E-state index contributed by atoms with van der Waals surface area (Å²) in [5.41, 5.74) is 5.26. The molecule has 4 heteroatoms. The molecular weight excluding hydrogens is 134 g/mol. The van der Waals surface area contributed by atoms with Gasteiger partial charge in [0.15, 0.2) is 0 Å². The van der Waals surface area contributed by atoms with Crippen molar-refractivity contribution in [3.8, 4) is 0 Å². The van der Waals surface area contributed by atoms with E-state index in [1.807, 2.05) is 0 Å². The zero-order valence-electron chi connectivity index (χ0n) is 5.73. The van der Waals surface area contributed by atoms with Crippen molar-refractivity contribution in [2.45, 2.75) is 24.7 Å². The molecule has 0 aromatic heterocycles. The molecule has 0 aromatic rings. The van der Waals surface area contributed by atoms with E-state index in [1.54, 1.807) is 0 Å². The van der Waals surface area contributed by atoms with Crippen LogP contribution in [0.25, 0.3) is 0 Å². The lowest BCUT2D eigenvalue weighted by atomic mass is 10.0. The molecule has 1 saturated heterocycles. The van der Waals surface area contributed by atoms with Gasteiger partial charge in [0.2, 0.25) is 0 Å². The molecule has 1 aliphatic rings. The summed E-state index contributed by atoms with van der Waals surface area (Å²) in [6.45, 7) is 0.748. The SMILES string of the molecule is NC[C@@H]1OCC[C@@H](O)[C@@H]1O. The monoisotopic (exact) mass is 147 g/mol. The summed E-state index contributed by atoms with van der Waals surface area (Å²) >= 11 is 0. The van der Waals surface area contributed by atoms with E-state index in [4.69, 9.17) is 15.6 Å². The van der Waals surface area contributed by atoms with Gasteiger partial charge >= 0.3 is 0 Å². The van der Waals surface area contributed by atoms with E-state index in [1.165, 1.54) is 0 Å². The second-order valence-corrected chi connectivity index (χ2v) is 2.49. The number of aliphatic hydroxyl groups is 2. The molecule has 0 unspecified atom stereocenters. The molecule has 0 aliphatic carbocycles. The fourth-order valence-electron chi connectivity index (χ4n) is 1.06. The van der Waals surface area contributed by atoms with Crippen molar-refractivity contribution in [3.05, 3.63) is 0 Å². The van der Waals surface area contributed by atoms with Crippen molar-refractivity contribution in [2.75, 3.05) is 13.2 Å². The Kier molecular flexibility index (Phi) is 2.62. The standard InChI is InChI=1S/C6H13NO3/c7-3-5-6(9)4(8)1-2-10-5/h4-6,8-9H,1-3,7H2/t4-,5+,6+/m1/s1. The van der Waals surface area contributed by atoms with Gasteiger partial charge in [0, 0.05) is 13.2 Å². The number of hydrogen-bond donors (Lipinski definition) is 3. The number of hydrogen-bond acceptors (Lipinski definition) is 4. The summed E-state index contributed by atoms with van der Waals surface area (Å²) < 4.78 is 5.07. The molecule has 1 aliphatic heterocycles. The molecule has 1 rings (SSSR count). The quantitative estimate of drug-likeness (QED) is 0.420. The van der Waals surface area contributed by atoms with Crippen LogP contribution in [0.5, 0.6) is 0 Å². The van der Waals surface area contributed by atoms with Gasteiger partial charge in [-0.05, 0) is 6.42 Å². The van der Waals surface area contributed by atoms with Crippen molar-refractivity contribution in [3.63, 3.8) is 0 Å². The molecule has 60 valence electrons. The Morgan fingerprint density at radius 2 is 2.20 bits per heavy atom. The van der Waals surface area contributed by atoms with Gasteiger partial charge in [0.1, 0.15) is 6.10 Å². The highest BCUT2D eigenvalue weighted by molar-refractivity contribution is 4.80. The highest BCUT2D eigenvalue weighted by Gasteiger charge is 2.29. The molecule has 1 heterocycles. The molecule has 0 spiro atoms. The van der Waals surface area contributed by atoms with Gasteiger partial charge in [-0.15, -0.1) is 0 Å². The van der Waals surface area contributed by atoms with Crippen LogP contribution in [0.1, 0.15) is 6.42 Å². The largest absolute Gasteiger partial charge is 0.390 e. The summed E-state index contributed by atoms with van der Waals surface area (Å²) in [6.07, 6.45) is -1.36. The van der Waals surface area contributed by atoms with Crippen LogP contribution >= 0.6 is 0 Å². The average molecular weight is 147 g/mol. The molecule has 3 atom stereocenters. The minimum Gasteiger partial charge on any atom is -0.390 e. The second-order valence-electron chi connectivity index (χ2n) is 2.49. The van der Waals surface area contributed by atoms with Crippen LogP contribution in [0.15, 0.2) is 0 Å². The molecule has 0 aromatic carbocycles. The van der Waals surface area contributed by atoms with Crippen LogP contribution in [0, 0.1) is 0 Å². The van der Waals surface area contributed by atoms with Crippen LogP contribution in [-0.4, -0.2) is 41.7 Å². The molecular formula is C6H13NO3. The highest BCUT2D eigenvalue weighted by Crippen LogP contribution is 2.13. The predicted molar refractivity (Wildman–Crippen MR) is 35.4 cm³/mol. The number of aliphatic hydroxyl groups excluding tert-OH is 2. The van der Waals surface area contributed by atoms with E-state index in [0.717, 1.165) is 0 Å². The van der Waals surface area contributed by atoms with Crippen LogP contribution in [-0.2, 0) is 4.74 Å². The second kappa shape index (κ2) is 3.30. The van der Waals surface area contributed by atoms with E-state index < -0.39 is 12.2 Å². The van der Waals surface area contributed by atoms with Gasteiger partial charge in [-0.1, -0.05) is 0 Å². The Labute approximate surface area is 59.6 Å². The minimum absolute atomic E-state index is 0.262. The summed E-state index contributed by atoms with van der Waals surface area (Å²) in [6, 6.07) is 0. The van der Waals surface area contributed by atoms with Crippen LogP contribution in [0.4, 0.5) is 0 Å². The first-order valence-corrected chi connectivity index (χ1v) is 3.43. The lowest BCUT2D eigenvalue weighted by Crippen LogP contribution is -2.47. The Morgan fingerprint density at radius 1 is 1.50 bits per heavy atom. The van der Waals surface area contributed by atoms with Crippen molar-refractivity contribution >= 4 is 0 Å². The molecule has 10 heavy (non-hydrogen) atoms. The molecule has 4 N–H and O–H groups in total. The zero-order chi connectivity index (χ0) is 7.56. The van der Waals surface area contributed by atoms with E-state index in [2.05, 4.69) is 0 Å². The van der Waals surface area contributed by atoms with E-state index in [9.17, 15) is 5.11 Å². The van der Waals surface area contributed by atoms with E-state index >= 15 is 0 Å². The van der Waals surface area contributed by atoms with Crippen molar-refractivity contribution < 1.29 is 14.9 Å². The molecule has 1 fully saturated rings. The van der Waals surface area contributed by atoms with Gasteiger partial charge in [-0.2, -0.15) is 0 Å². The summed E-state index contributed by atoms with van der Waals surface area (Å²) in [7, 11) is 0. The number of rotatable bonds is 1. The Balaban J connectivity index is 2.42. The number of ether oxygens (including phenoxy) is 1. The third-order valence-corrected chi connectivity index (χ3v) is 1.75. The molecule has 0 bridgehead atoms. The van der Waals surface area contributed by atoms with Gasteiger partial charge in [-0.25, -0.2) is 0 Å². The summed E-state index contributed by atoms with van der Waals surface area (Å²) in [4.78, 5) is 0. The third kappa shape index (κ3) is 1.46. The van der Waals surface area contributed by atoms with E-state index in [-0.39, 0.29) is 12.6 Å². The fraction of sp³-hybridized carbons (Fsp3) is 1.00. The first kappa shape index (κ1) is 7.94. The van der Waals surface area contributed by atoms with Gasteiger partial charge < -0.3 is 20.7 Å². The van der Waals surface area contributed by atoms with Crippen LogP contribution in [0.3, 0.4) is 0 Å². The lowest BCUT2D eigenvalue weighted by Gasteiger charge is -2.30. The van der Waals surface area contributed by atoms with Crippen molar-refractivity contribution in [1.82, 2.24) is 0 Å². The smallest absolute Gasteiger partial charge is 0.107 e. The topological polar surface area (TPSA) is 75.7 Å². The van der Waals surface area contributed by atoms with Crippen molar-refractivity contribution in [1.29, 1.82) is 0 Å². The molecule has 0 amide bonds. The van der Waals surface area contributed by atoms with Gasteiger partial charge in [0.25, 0.3) is 0 Å². The summed E-state index contributed by atoms with van der Waals surface area (Å²) in [5, 5.41) is 18.3. The lowest BCUT2D eigenvalue weighted by molar-refractivity contribution is -0.130. The minimum atomic E-state index is -0.807. The Hall–Kier alpha value is -0.160. The first-order valence-electron chi connectivity index (χ1n) is 3.43.